The van der Waals surface area contributed by atoms with Crippen LogP contribution in [0, 0.1) is 0 Å². The molecule has 0 amide bonds. The molecule has 6 heteroatoms. The zero-order valence-corrected chi connectivity index (χ0v) is 11.1. The van der Waals surface area contributed by atoms with E-state index in [9.17, 15) is 0 Å². The first-order chi connectivity index (χ1) is 9.22. The standard InChI is InChI=1S/C13H17N5O/c1-3-18(4-2)12-15-11(14)16-13(17-12)19-10-8-6-5-7-9-10/h5-9H,3-4H2,1-2H3,(H2,14,15,16,17). The van der Waals surface area contributed by atoms with Gasteiger partial charge in [0.1, 0.15) is 5.75 Å². The first-order valence-corrected chi connectivity index (χ1v) is 6.22. The highest BCUT2D eigenvalue weighted by Crippen LogP contribution is 2.19. The molecule has 6 nitrogen and oxygen atoms in total. The number of hydrogen-bond donors (Lipinski definition) is 1. The van der Waals surface area contributed by atoms with E-state index in [0.29, 0.717) is 11.7 Å². The average Bonchev–Trinajstić information content (AvgIpc) is 2.40. The minimum absolute atomic E-state index is 0.155. The highest BCUT2D eigenvalue weighted by Gasteiger charge is 2.10. The monoisotopic (exact) mass is 259 g/mol. The maximum Gasteiger partial charge on any atom is 0.328 e. The van der Waals surface area contributed by atoms with Gasteiger partial charge < -0.3 is 15.4 Å². The lowest BCUT2D eigenvalue weighted by molar-refractivity contribution is 0.440. The van der Waals surface area contributed by atoms with Gasteiger partial charge in [0.2, 0.25) is 11.9 Å². The fraction of sp³-hybridized carbons (Fsp3) is 0.308. The van der Waals surface area contributed by atoms with Crippen LogP contribution in [0.3, 0.4) is 0 Å². The van der Waals surface area contributed by atoms with Gasteiger partial charge in [-0.05, 0) is 26.0 Å². The van der Waals surface area contributed by atoms with Crippen molar-refractivity contribution in [2.75, 3.05) is 23.7 Å². The van der Waals surface area contributed by atoms with E-state index in [-0.39, 0.29) is 12.0 Å². The summed E-state index contributed by atoms with van der Waals surface area (Å²) in [4.78, 5) is 14.4. The maximum absolute atomic E-state index is 5.69. The van der Waals surface area contributed by atoms with Crippen LogP contribution in [0.2, 0.25) is 0 Å². The number of anilines is 2. The second kappa shape index (κ2) is 5.99. The van der Waals surface area contributed by atoms with Crippen LogP contribution >= 0.6 is 0 Å². The summed E-state index contributed by atoms with van der Waals surface area (Å²) in [7, 11) is 0. The van der Waals surface area contributed by atoms with E-state index >= 15 is 0 Å². The van der Waals surface area contributed by atoms with E-state index in [1.165, 1.54) is 0 Å². The minimum atomic E-state index is 0.155. The van der Waals surface area contributed by atoms with Gasteiger partial charge in [-0.15, -0.1) is 0 Å². The molecule has 0 aliphatic carbocycles. The van der Waals surface area contributed by atoms with E-state index < -0.39 is 0 Å². The Morgan fingerprint density at radius 1 is 1.05 bits per heavy atom. The summed E-state index contributed by atoms with van der Waals surface area (Å²) < 4.78 is 5.57. The van der Waals surface area contributed by atoms with Gasteiger partial charge >= 0.3 is 6.01 Å². The van der Waals surface area contributed by atoms with Crippen LogP contribution in [0.4, 0.5) is 11.9 Å². The number of para-hydroxylation sites is 1. The van der Waals surface area contributed by atoms with E-state index in [4.69, 9.17) is 10.5 Å². The van der Waals surface area contributed by atoms with Crippen molar-refractivity contribution in [2.45, 2.75) is 13.8 Å². The molecule has 0 aliphatic rings. The molecule has 0 radical (unpaired) electrons. The van der Waals surface area contributed by atoms with Gasteiger partial charge in [-0.1, -0.05) is 18.2 Å². The summed E-state index contributed by atoms with van der Waals surface area (Å²) in [5.74, 6) is 1.35. The molecule has 2 rings (SSSR count). The summed E-state index contributed by atoms with van der Waals surface area (Å²) in [5, 5.41) is 0. The smallest absolute Gasteiger partial charge is 0.328 e. The van der Waals surface area contributed by atoms with E-state index in [0.717, 1.165) is 13.1 Å². The molecule has 100 valence electrons. The Labute approximate surface area is 112 Å². The molecule has 1 aromatic heterocycles. The average molecular weight is 259 g/mol. The number of hydrogen-bond acceptors (Lipinski definition) is 6. The van der Waals surface area contributed by atoms with Gasteiger partial charge in [0.15, 0.2) is 0 Å². The van der Waals surface area contributed by atoms with Crippen LogP contribution in [0.15, 0.2) is 30.3 Å². The SMILES string of the molecule is CCN(CC)c1nc(N)nc(Oc2ccccc2)n1. The molecule has 0 spiro atoms. The number of aromatic nitrogens is 3. The van der Waals surface area contributed by atoms with Crippen molar-refractivity contribution in [3.8, 4) is 11.8 Å². The topological polar surface area (TPSA) is 77.2 Å². The first kappa shape index (κ1) is 13.1. The van der Waals surface area contributed by atoms with Crippen molar-refractivity contribution < 1.29 is 4.74 Å². The molecule has 0 atom stereocenters. The van der Waals surface area contributed by atoms with Gasteiger partial charge in [-0.2, -0.15) is 15.0 Å². The number of ether oxygens (including phenoxy) is 1. The first-order valence-electron chi connectivity index (χ1n) is 6.22. The molecule has 0 saturated heterocycles. The predicted octanol–water partition coefficient (Wildman–Crippen LogP) is 2.09. The fourth-order valence-corrected chi connectivity index (χ4v) is 1.65. The zero-order chi connectivity index (χ0) is 13.7. The molecule has 0 unspecified atom stereocenters. The normalized spacial score (nSPS) is 10.2. The van der Waals surface area contributed by atoms with Crippen molar-refractivity contribution in [3.63, 3.8) is 0 Å². The van der Waals surface area contributed by atoms with Gasteiger partial charge in [-0.3, -0.25) is 0 Å². The lowest BCUT2D eigenvalue weighted by Crippen LogP contribution is -2.25. The summed E-state index contributed by atoms with van der Waals surface area (Å²) in [6, 6.07) is 9.54. The van der Waals surface area contributed by atoms with Crippen LogP contribution in [0.1, 0.15) is 13.8 Å². The van der Waals surface area contributed by atoms with Crippen LogP contribution in [-0.2, 0) is 0 Å². The van der Waals surface area contributed by atoms with Gasteiger partial charge in [0.25, 0.3) is 0 Å². The zero-order valence-electron chi connectivity index (χ0n) is 11.1. The quantitative estimate of drug-likeness (QED) is 0.886. The Hall–Kier alpha value is -2.37. The third kappa shape index (κ3) is 3.31. The molecule has 0 bridgehead atoms. The second-order valence-electron chi connectivity index (χ2n) is 3.86. The van der Waals surface area contributed by atoms with Crippen LogP contribution in [0.5, 0.6) is 11.8 Å². The lowest BCUT2D eigenvalue weighted by atomic mass is 10.3. The van der Waals surface area contributed by atoms with Crippen molar-refractivity contribution in [1.82, 2.24) is 15.0 Å². The van der Waals surface area contributed by atoms with Crippen molar-refractivity contribution in [3.05, 3.63) is 30.3 Å². The Balaban J connectivity index is 2.26. The second-order valence-corrected chi connectivity index (χ2v) is 3.86. The highest BCUT2D eigenvalue weighted by molar-refractivity contribution is 5.36. The van der Waals surface area contributed by atoms with Crippen molar-refractivity contribution >= 4 is 11.9 Å². The Bertz CT molecular complexity index is 528. The molecule has 0 saturated carbocycles. The molecule has 2 aromatic rings. The van der Waals surface area contributed by atoms with E-state index in [1.807, 2.05) is 49.1 Å². The van der Waals surface area contributed by atoms with Gasteiger partial charge in [-0.25, -0.2) is 0 Å². The number of benzene rings is 1. The number of nitrogen functional groups attached to an aromatic ring is 1. The third-order valence-corrected chi connectivity index (χ3v) is 2.62. The molecule has 1 aromatic carbocycles. The summed E-state index contributed by atoms with van der Waals surface area (Å²) in [6.07, 6.45) is 0. The molecule has 0 aliphatic heterocycles. The third-order valence-electron chi connectivity index (χ3n) is 2.62. The summed E-state index contributed by atoms with van der Waals surface area (Å²) in [5.41, 5.74) is 5.69. The maximum atomic E-state index is 5.69. The molecule has 0 fully saturated rings. The van der Waals surface area contributed by atoms with Gasteiger partial charge in [0, 0.05) is 13.1 Å². The number of nitrogens with two attached hydrogens (primary N) is 1. The summed E-state index contributed by atoms with van der Waals surface area (Å²) >= 11 is 0. The van der Waals surface area contributed by atoms with Crippen LogP contribution in [-0.4, -0.2) is 28.0 Å². The number of nitrogens with zero attached hydrogens (tertiary/aromatic N) is 4. The summed E-state index contributed by atoms with van der Waals surface area (Å²) in [6.45, 7) is 5.65. The Kier molecular flexibility index (Phi) is 4.12. The Morgan fingerprint density at radius 3 is 2.37 bits per heavy atom. The van der Waals surface area contributed by atoms with Crippen molar-refractivity contribution in [2.24, 2.45) is 0 Å². The fourth-order valence-electron chi connectivity index (χ4n) is 1.65. The number of rotatable bonds is 5. The van der Waals surface area contributed by atoms with E-state index in [1.54, 1.807) is 0 Å². The van der Waals surface area contributed by atoms with Gasteiger partial charge in [0.05, 0.1) is 0 Å². The predicted molar refractivity (Wildman–Crippen MR) is 74.3 cm³/mol. The molecule has 19 heavy (non-hydrogen) atoms. The molecule has 2 N–H and O–H groups in total. The Morgan fingerprint density at radius 2 is 1.74 bits per heavy atom. The highest BCUT2D eigenvalue weighted by atomic mass is 16.5. The molecular weight excluding hydrogens is 242 g/mol. The molecule has 1 heterocycles. The minimum Gasteiger partial charge on any atom is -0.424 e. The van der Waals surface area contributed by atoms with Crippen LogP contribution < -0.4 is 15.4 Å². The molecular formula is C13H17N5O. The lowest BCUT2D eigenvalue weighted by Gasteiger charge is -2.18. The van der Waals surface area contributed by atoms with Crippen LogP contribution in [0.25, 0.3) is 0 Å². The largest absolute Gasteiger partial charge is 0.424 e. The van der Waals surface area contributed by atoms with E-state index in [2.05, 4.69) is 15.0 Å². The van der Waals surface area contributed by atoms with Crippen molar-refractivity contribution in [1.29, 1.82) is 0 Å².